The Balaban J connectivity index is 2.46. The number of hydrogen-bond donors (Lipinski definition) is 1. The molecule has 0 radical (unpaired) electrons. The number of carbonyl (C=O) groups is 1. The van der Waals surface area contributed by atoms with Crippen molar-refractivity contribution in [1.82, 2.24) is 4.98 Å². The van der Waals surface area contributed by atoms with E-state index >= 15 is 0 Å². The van der Waals surface area contributed by atoms with Gasteiger partial charge in [-0.05, 0) is 24.6 Å². The summed E-state index contributed by atoms with van der Waals surface area (Å²) in [6.07, 6.45) is 0.953. The largest absolute Gasteiger partial charge is 0.477 e. The topological polar surface area (TPSA) is 103 Å². The number of aryl methyl sites for hydroxylation is 1. The quantitative estimate of drug-likeness (QED) is 0.666. The first-order chi connectivity index (χ1) is 9.88. The van der Waals surface area contributed by atoms with E-state index in [0.29, 0.717) is 5.75 Å². The van der Waals surface area contributed by atoms with E-state index in [4.69, 9.17) is 9.84 Å². The van der Waals surface area contributed by atoms with Crippen LogP contribution in [-0.2, 0) is 0 Å². The summed E-state index contributed by atoms with van der Waals surface area (Å²) in [4.78, 5) is 24.9. The highest BCUT2D eigenvalue weighted by atomic mass is 79.9. The predicted molar refractivity (Wildman–Crippen MR) is 76.8 cm³/mol. The molecular formula is C13H9BrN2O5. The summed E-state index contributed by atoms with van der Waals surface area (Å²) in [5.74, 6) is -1.14. The van der Waals surface area contributed by atoms with E-state index in [2.05, 4.69) is 20.9 Å². The molecule has 0 aliphatic rings. The zero-order valence-corrected chi connectivity index (χ0v) is 12.3. The third-order valence-corrected chi connectivity index (χ3v) is 3.13. The van der Waals surface area contributed by atoms with Crippen molar-refractivity contribution in [3.05, 3.63) is 56.2 Å². The monoisotopic (exact) mass is 352 g/mol. The molecule has 21 heavy (non-hydrogen) atoms. The highest BCUT2D eigenvalue weighted by Gasteiger charge is 2.19. The maximum atomic E-state index is 11.2. The minimum atomic E-state index is -1.35. The number of aromatic nitrogens is 1. The van der Waals surface area contributed by atoms with Gasteiger partial charge in [0.05, 0.1) is 4.92 Å². The number of rotatable bonds is 4. The summed E-state index contributed by atoms with van der Waals surface area (Å²) < 4.78 is 6.22. The summed E-state index contributed by atoms with van der Waals surface area (Å²) in [6.45, 7) is 1.79. The van der Waals surface area contributed by atoms with Crippen LogP contribution in [0.2, 0.25) is 0 Å². The van der Waals surface area contributed by atoms with Crippen molar-refractivity contribution in [3.63, 3.8) is 0 Å². The van der Waals surface area contributed by atoms with Gasteiger partial charge in [0.25, 0.3) is 5.69 Å². The minimum Gasteiger partial charge on any atom is -0.477 e. The number of carboxylic acids is 1. The smallest absolute Gasteiger partial charge is 0.341 e. The third-order valence-electron chi connectivity index (χ3n) is 2.63. The Morgan fingerprint density at radius 3 is 2.76 bits per heavy atom. The molecule has 0 saturated heterocycles. The van der Waals surface area contributed by atoms with Crippen LogP contribution in [0, 0.1) is 17.0 Å². The number of halogens is 1. The van der Waals surface area contributed by atoms with Gasteiger partial charge in [0.15, 0.2) is 0 Å². The first kappa shape index (κ1) is 14.9. The molecular weight excluding hydrogens is 344 g/mol. The molecule has 0 amide bonds. The fourth-order valence-corrected chi connectivity index (χ4v) is 1.90. The molecule has 1 heterocycles. The summed E-state index contributed by atoms with van der Waals surface area (Å²) in [5, 5.41) is 19.8. The van der Waals surface area contributed by atoms with Gasteiger partial charge in [0.2, 0.25) is 5.88 Å². The lowest BCUT2D eigenvalue weighted by atomic mass is 10.2. The van der Waals surface area contributed by atoms with E-state index in [1.807, 2.05) is 6.07 Å². The van der Waals surface area contributed by atoms with Crippen LogP contribution >= 0.6 is 15.9 Å². The number of benzene rings is 1. The van der Waals surface area contributed by atoms with E-state index < -0.39 is 16.6 Å². The van der Waals surface area contributed by atoms with Gasteiger partial charge in [-0.3, -0.25) is 10.1 Å². The molecule has 7 nitrogen and oxygen atoms in total. The fraction of sp³-hybridized carbons (Fsp3) is 0.0769. The maximum absolute atomic E-state index is 11.2. The predicted octanol–water partition coefficient (Wildman–Crippen LogP) is 3.55. The van der Waals surface area contributed by atoms with Gasteiger partial charge in [0.1, 0.15) is 17.5 Å². The molecule has 1 aromatic heterocycles. The van der Waals surface area contributed by atoms with E-state index in [1.165, 1.54) is 0 Å². The van der Waals surface area contributed by atoms with Crippen molar-refractivity contribution < 1.29 is 19.6 Å². The Labute approximate surface area is 127 Å². The lowest BCUT2D eigenvalue weighted by Crippen LogP contribution is -2.04. The Morgan fingerprint density at radius 2 is 2.14 bits per heavy atom. The van der Waals surface area contributed by atoms with Crippen molar-refractivity contribution in [2.45, 2.75) is 6.92 Å². The van der Waals surface area contributed by atoms with Crippen LogP contribution in [-0.4, -0.2) is 21.0 Å². The van der Waals surface area contributed by atoms with Crippen molar-refractivity contribution in [2.24, 2.45) is 0 Å². The number of hydrogen-bond acceptors (Lipinski definition) is 5. The van der Waals surface area contributed by atoms with Crippen LogP contribution in [0.5, 0.6) is 11.6 Å². The summed E-state index contributed by atoms with van der Waals surface area (Å²) in [5.41, 5.74) is -0.0102. The SMILES string of the molecule is Cc1ccc(Br)cc1Oc1ncc([N+](=O)[O-])cc1C(=O)O. The maximum Gasteiger partial charge on any atom is 0.341 e. The van der Waals surface area contributed by atoms with Gasteiger partial charge in [-0.1, -0.05) is 22.0 Å². The minimum absolute atomic E-state index is 0.200. The Hall–Kier alpha value is -2.48. The van der Waals surface area contributed by atoms with Crippen molar-refractivity contribution >= 4 is 27.6 Å². The molecule has 0 aliphatic heterocycles. The van der Waals surface area contributed by atoms with Gasteiger partial charge >= 0.3 is 5.97 Å². The highest BCUT2D eigenvalue weighted by Crippen LogP contribution is 2.30. The molecule has 0 spiro atoms. The van der Waals surface area contributed by atoms with Crippen LogP contribution < -0.4 is 4.74 Å². The molecule has 0 atom stereocenters. The van der Waals surface area contributed by atoms with Gasteiger partial charge in [-0.2, -0.15) is 0 Å². The summed E-state index contributed by atoms with van der Waals surface area (Å²) in [7, 11) is 0. The fourth-order valence-electron chi connectivity index (χ4n) is 1.56. The zero-order chi connectivity index (χ0) is 15.6. The molecule has 0 unspecified atom stereocenters. The summed E-state index contributed by atoms with van der Waals surface area (Å²) in [6, 6.07) is 6.16. The van der Waals surface area contributed by atoms with Gasteiger partial charge in [0, 0.05) is 10.5 Å². The van der Waals surface area contributed by atoms with Crippen LogP contribution in [0.1, 0.15) is 15.9 Å². The first-order valence-electron chi connectivity index (χ1n) is 5.70. The number of ether oxygens (including phenoxy) is 1. The van der Waals surface area contributed by atoms with E-state index in [-0.39, 0.29) is 11.4 Å². The second-order valence-corrected chi connectivity index (χ2v) is 5.04. The van der Waals surface area contributed by atoms with Crippen molar-refractivity contribution in [3.8, 4) is 11.6 Å². The lowest BCUT2D eigenvalue weighted by Gasteiger charge is -2.10. The molecule has 1 N–H and O–H groups in total. The molecule has 0 bridgehead atoms. The molecule has 2 rings (SSSR count). The Bertz CT molecular complexity index is 732. The number of pyridine rings is 1. The number of nitrogens with zero attached hydrogens (tertiary/aromatic N) is 2. The second-order valence-electron chi connectivity index (χ2n) is 4.12. The van der Waals surface area contributed by atoms with Crippen LogP contribution in [0.25, 0.3) is 0 Å². The normalized spacial score (nSPS) is 10.2. The van der Waals surface area contributed by atoms with Crippen molar-refractivity contribution in [1.29, 1.82) is 0 Å². The van der Waals surface area contributed by atoms with E-state index in [0.717, 1.165) is 22.3 Å². The third kappa shape index (κ3) is 3.34. The zero-order valence-electron chi connectivity index (χ0n) is 10.7. The average Bonchev–Trinajstić information content (AvgIpc) is 2.42. The highest BCUT2D eigenvalue weighted by molar-refractivity contribution is 9.10. The lowest BCUT2D eigenvalue weighted by molar-refractivity contribution is -0.385. The van der Waals surface area contributed by atoms with E-state index in [9.17, 15) is 14.9 Å². The average molecular weight is 353 g/mol. The second kappa shape index (κ2) is 5.88. The number of carboxylic acid groups (broad SMARTS) is 1. The summed E-state index contributed by atoms with van der Waals surface area (Å²) >= 11 is 3.28. The van der Waals surface area contributed by atoms with Crippen LogP contribution in [0.15, 0.2) is 34.9 Å². The molecule has 8 heteroatoms. The molecule has 2 aromatic rings. The Morgan fingerprint density at radius 1 is 1.43 bits per heavy atom. The standard InChI is InChI=1S/C13H9BrN2O5/c1-7-2-3-8(14)4-11(7)21-12-10(13(17)18)5-9(6-15-12)16(19)20/h2-6H,1H3,(H,17,18). The number of aromatic carboxylic acids is 1. The number of nitro groups is 1. The van der Waals surface area contributed by atoms with Crippen molar-refractivity contribution in [2.75, 3.05) is 0 Å². The van der Waals surface area contributed by atoms with E-state index in [1.54, 1.807) is 19.1 Å². The molecule has 0 fully saturated rings. The van der Waals surface area contributed by atoms with Crippen LogP contribution in [0.3, 0.4) is 0 Å². The molecule has 108 valence electrons. The molecule has 0 saturated carbocycles. The first-order valence-corrected chi connectivity index (χ1v) is 6.49. The van der Waals surface area contributed by atoms with Gasteiger partial charge < -0.3 is 9.84 Å². The molecule has 1 aromatic carbocycles. The van der Waals surface area contributed by atoms with Crippen LogP contribution in [0.4, 0.5) is 5.69 Å². The van der Waals surface area contributed by atoms with Gasteiger partial charge in [-0.15, -0.1) is 0 Å². The Kier molecular flexibility index (Phi) is 4.18. The van der Waals surface area contributed by atoms with Gasteiger partial charge in [-0.25, -0.2) is 9.78 Å². The molecule has 0 aliphatic carbocycles.